The van der Waals surface area contributed by atoms with Gasteiger partial charge in [0.2, 0.25) is 5.88 Å². The standard InChI is InChI=1S/C16H22N4O3S/c1-12(2)11-23-16-10-9-15(17-18-16)13-5-7-14(8-6-13)19-24(21,22)20(3)4/h5-10,12,19H,11H2,1-4H3. The zero-order chi connectivity index (χ0) is 17.7. The number of aromatic nitrogens is 2. The first-order chi connectivity index (χ1) is 11.3. The van der Waals surface area contributed by atoms with Gasteiger partial charge >= 0.3 is 10.2 Å². The van der Waals surface area contributed by atoms with E-state index in [-0.39, 0.29) is 0 Å². The highest BCUT2D eigenvalue weighted by Crippen LogP contribution is 2.21. The van der Waals surface area contributed by atoms with Crippen LogP contribution in [0, 0.1) is 5.92 Å². The van der Waals surface area contributed by atoms with Crippen molar-refractivity contribution >= 4 is 15.9 Å². The van der Waals surface area contributed by atoms with Crippen LogP contribution in [0.2, 0.25) is 0 Å². The molecule has 0 aliphatic carbocycles. The fourth-order valence-corrected chi connectivity index (χ4v) is 2.37. The smallest absolute Gasteiger partial charge is 0.301 e. The normalized spacial score (nSPS) is 11.8. The molecule has 1 N–H and O–H groups in total. The van der Waals surface area contributed by atoms with E-state index in [2.05, 4.69) is 28.8 Å². The Balaban J connectivity index is 2.08. The average Bonchev–Trinajstić information content (AvgIpc) is 2.54. The Morgan fingerprint density at radius 1 is 1.08 bits per heavy atom. The molecule has 2 aromatic rings. The maximum atomic E-state index is 11.8. The second-order valence-electron chi connectivity index (χ2n) is 5.93. The number of rotatable bonds is 7. The van der Waals surface area contributed by atoms with E-state index < -0.39 is 10.2 Å². The molecule has 7 nitrogen and oxygen atoms in total. The molecule has 1 heterocycles. The van der Waals surface area contributed by atoms with E-state index in [1.807, 2.05) is 6.07 Å². The predicted octanol–water partition coefficient (Wildman–Crippen LogP) is 2.40. The molecule has 0 saturated heterocycles. The molecule has 8 heteroatoms. The highest BCUT2D eigenvalue weighted by molar-refractivity contribution is 7.90. The molecule has 130 valence electrons. The summed E-state index contributed by atoms with van der Waals surface area (Å²) in [5.74, 6) is 0.910. The summed E-state index contributed by atoms with van der Waals surface area (Å²) in [4.78, 5) is 0. The molecular formula is C16H22N4O3S. The van der Waals surface area contributed by atoms with Crippen LogP contribution in [0.25, 0.3) is 11.3 Å². The molecule has 1 aromatic carbocycles. The molecule has 0 spiro atoms. The Morgan fingerprint density at radius 3 is 2.25 bits per heavy atom. The van der Waals surface area contributed by atoms with Crippen LogP contribution < -0.4 is 9.46 Å². The first-order valence-corrected chi connectivity index (χ1v) is 8.99. The van der Waals surface area contributed by atoms with Gasteiger partial charge in [-0.05, 0) is 24.1 Å². The van der Waals surface area contributed by atoms with Gasteiger partial charge in [0.1, 0.15) is 0 Å². The monoisotopic (exact) mass is 350 g/mol. The van der Waals surface area contributed by atoms with E-state index in [4.69, 9.17) is 4.74 Å². The lowest BCUT2D eigenvalue weighted by atomic mass is 10.1. The molecule has 0 radical (unpaired) electrons. The molecule has 24 heavy (non-hydrogen) atoms. The second-order valence-corrected chi connectivity index (χ2v) is 7.81. The zero-order valence-electron chi connectivity index (χ0n) is 14.2. The second kappa shape index (κ2) is 7.59. The average molecular weight is 350 g/mol. The lowest BCUT2D eigenvalue weighted by Crippen LogP contribution is -2.28. The molecular weight excluding hydrogens is 328 g/mol. The quantitative estimate of drug-likeness (QED) is 0.829. The number of ether oxygens (including phenoxy) is 1. The number of hydrogen-bond donors (Lipinski definition) is 1. The van der Waals surface area contributed by atoms with Gasteiger partial charge in [-0.25, -0.2) is 0 Å². The maximum absolute atomic E-state index is 11.8. The molecule has 0 atom stereocenters. The molecule has 1 aromatic heterocycles. The first kappa shape index (κ1) is 18.2. The first-order valence-electron chi connectivity index (χ1n) is 7.55. The van der Waals surface area contributed by atoms with Crippen LogP contribution in [0.5, 0.6) is 5.88 Å². The van der Waals surface area contributed by atoms with Crippen LogP contribution in [0.1, 0.15) is 13.8 Å². The molecule has 0 fully saturated rings. The van der Waals surface area contributed by atoms with Crippen molar-refractivity contribution in [2.24, 2.45) is 5.92 Å². The number of anilines is 1. The van der Waals surface area contributed by atoms with Crippen molar-refractivity contribution in [1.82, 2.24) is 14.5 Å². The van der Waals surface area contributed by atoms with Crippen molar-refractivity contribution < 1.29 is 13.2 Å². The zero-order valence-corrected chi connectivity index (χ0v) is 15.0. The molecule has 0 aliphatic rings. The summed E-state index contributed by atoms with van der Waals surface area (Å²) in [5, 5.41) is 8.18. The SMILES string of the molecule is CC(C)COc1ccc(-c2ccc(NS(=O)(=O)N(C)C)cc2)nn1. The Morgan fingerprint density at radius 2 is 1.75 bits per heavy atom. The Bertz CT molecular complexity index is 757. The summed E-state index contributed by atoms with van der Waals surface area (Å²) in [7, 11) is -0.574. The van der Waals surface area contributed by atoms with Crippen molar-refractivity contribution in [1.29, 1.82) is 0 Å². The summed E-state index contributed by atoms with van der Waals surface area (Å²) in [5.41, 5.74) is 2.01. The van der Waals surface area contributed by atoms with Gasteiger partial charge in [-0.1, -0.05) is 26.0 Å². The third-order valence-electron chi connectivity index (χ3n) is 3.11. The van der Waals surface area contributed by atoms with Crippen LogP contribution in [0.15, 0.2) is 36.4 Å². The van der Waals surface area contributed by atoms with Crippen LogP contribution >= 0.6 is 0 Å². The fourth-order valence-electron chi connectivity index (χ4n) is 1.75. The topological polar surface area (TPSA) is 84.4 Å². The Labute approximate surface area is 142 Å². The third kappa shape index (κ3) is 4.90. The number of hydrogen-bond acceptors (Lipinski definition) is 5. The van der Waals surface area contributed by atoms with Crippen LogP contribution in [0.3, 0.4) is 0 Å². The highest BCUT2D eigenvalue weighted by atomic mass is 32.2. The van der Waals surface area contributed by atoms with Crippen molar-refractivity contribution in [3.05, 3.63) is 36.4 Å². The Kier molecular flexibility index (Phi) is 5.74. The lowest BCUT2D eigenvalue weighted by Gasteiger charge is -2.13. The van der Waals surface area contributed by atoms with Crippen LogP contribution in [-0.2, 0) is 10.2 Å². The molecule has 0 unspecified atom stereocenters. The van der Waals surface area contributed by atoms with Crippen LogP contribution in [0.4, 0.5) is 5.69 Å². The van der Waals surface area contributed by atoms with Crippen molar-refractivity contribution in [3.63, 3.8) is 0 Å². The largest absolute Gasteiger partial charge is 0.476 e. The van der Waals surface area contributed by atoms with Crippen molar-refractivity contribution in [2.45, 2.75) is 13.8 Å². The van der Waals surface area contributed by atoms with E-state index >= 15 is 0 Å². The van der Waals surface area contributed by atoms with Gasteiger partial charge in [0.25, 0.3) is 0 Å². The minimum atomic E-state index is -3.51. The third-order valence-corrected chi connectivity index (χ3v) is 4.57. The summed E-state index contributed by atoms with van der Waals surface area (Å²) in [6, 6.07) is 10.5. The summed E-state index contributed by atoms with van der Waals surface area (Å²) >= 11 is 0. The highest BCUT2D eigenvalue weighted by Gasteiger charge is 2.12. The van der Waals surface area contributed by atoms with E-state index in [0.717, 1.165) is 9.87 Å². The van der Waals surface area contributed by atoms with Gasteiger partial charge in [-0.2, -0.15) is 12.7 Å². The van der Waals surface area contributed by atoms with Gasteiger partial charge in [0.05, 0.1) is 12.3 Å². The molecule has 2 rings (SSSR count). The number of benzene rings is 1. The van der Waals surface area contributed by atoms with E-state index in [1.54, 1.807) is 30.3 Å². The summed E-state index contributed by atoms with van der Waals surface area (Å²) in [6.45, 7) is 4.72. The van der Waals surface area contributed by atoms with Gasteiger partial charge in [0.15, 0.2) is 0 Å². The van der Waals surface area contributed by atoms with Gasteiger partial charge < -0.3 is 4.74 Å². The summed E-state index contributed by atoms with van der Waals surface area (Å²) in [6.07, 6.45) is 0. The van der Waals surface area contributed by atoms with E-state index in [0.29, 0.717) is 29.8 Å². The van der Waals surface area contributed by atoms with Crippen LogP contribution in [-0.4, -0.2) is 43.6 Å². The molecule has 0 aliphatic heterocycles. The molecule has 0 bridgehead atoms. The Hall–Kier alpha value is -2.19. The van der Waals surface area contributed by atoms with Gasteiger partial charge in [-0.3, -0.25) is 4.72 Å². The van der Waals surface area contributed by atoms with Gasteiger partial charge in [-0.15, -0.1) is 10.2 Å². The predicted molar refractivity (Wildman–Crippen MR) is 94.0 cm³/mol. The number of nitrogens with zero attached hydrogens (tertiary/aromatic N) is 3. The minimum absolute atomic E-state index is 0.421. The number of nitrogens with one attached hydrogen (secondary N) is 1. The minimum Gasteiger partial charge on any atom is -0.476 e. The molecule has 0 amide bonds. The molecule has 0 saturated carbocycles. The maximum Gasteiger partial charge on any atom is 0.301 e. The van der Waals surface area contributed by atoms with Gasteiger partial charge in [0, 0.05) is 31.4 Å². The lowest BCUT2D eigenvalue weighted by molar-refractivity contribution is 0.258. The summed E-state index contributed by atoms with van der Waals surface area (Å²) < 4.78 is 32.6. The van der Waals surface area contributed by atoms with E-state index in [1.165, 1.54) is 14.1 Å². The van der Waals surface area contributed by atoms with Crippen molar-refractivity contribution in [3.8, 4) is 17.1 Å². The fraction of sp³-hybridized carbons (Fsp3) is 0.375. The van der Waals surface area contributed by atoms with E-state index in [9.17, 15) is 8.42 Å². The van der Waals surface area contributed by atoms with Crippen molar-refractivity contribution in [2.75, 3.05) is 25.4 Å².